The van der Waals surface area contributed by atoms with Gasteiger partial charge in [0.15, 0.2) is 11.5 Å². The van der Waals surface area contributed by atoms with Crippen molar-refractivity contribution in [1.29, 1.82) is 0 Å². The maximum atomic E-state index is 13.4. The van der Waals surface area contributed by atoms with Gasteiger partial charge in [0.1, 0.15) is 5.82 Å². The van der Waals surface area contributed by atoms with E-state index in [1.54, 1.807) is 18.2 Å². The van der Waals surface area contributed by atoms with Crippen LogP contribution in [0.1, 0.15) is 5.56 Å². The maximum Gasteiger partial charge on any atom is 0.329 e. The summed E-state index contributed by atoms with van der Waals surface area (Å²) in [6.07, 6.45) is 1.34. The van der Waals surface area contributed by atoms with Crippen molar-refractivity contribution in [2.45, 2.75) is 0 Å². The molecule has 0 fully saturated rings. The topological polar surface area (TPSA) is 89.0 Å². The van der Waals surface area contributed by atoms with Crippen LogP contribution in [0, 0.1) is 5.82 Å². The molecule has 0 saturated carbocycles. The van der Waals surface area contributed by atoms with E-state index in [1.165, 1.54) is 30.5 Å². The summed E-state index contributed by atoms with van der Waals surface area (Å²) in [6, 6.07) is 10.6. The van der Waals surface area contributed by atoms with Crippen molar-refractivity contribution < 1.29 is 23.5 Å². The number of ether oxygens (including phenoxy) is 2. The van der Waals surface area contributed by atoms with E-state index >= 15 is 0 Å². The molecule has 1 aliphatic rings. The smallest absolute Gasteiger partial charge is 0.329 e. The molecule has 1 aliphatic heterocycles. The molecule has 8 heteroatoms. The molecule has 1 heterocycles. The second kappa shape index (κ2) is 6.78. The first-order valence-electron chi connectivity index (χ1n) is 6.92. The number of carbonyl (C=O) groups is 2. The summed E-state index contributed by atoms with van der Waals surface area (Å²) in [4.78, 5) is 23.3. The van der Waals surface area contributed by atoms with Gasteiger partial charge in [0.05, 0.1) is 11.9 Å². The highest BCUT2D eigenvalue weighted by molar-refractivity contribution is 6.39. The summed E-state index contributed by atoms with van der Waals surface area (Å²) >= 11 is 0. The third kappa shape index (κ3) is 3.49. The molecule has 0 aromatic heterocycles. The van der Waals surface area contributed by atoms with E-state index in [4.69, 9.17) is 9.47 Å². The Morgan fingerprint density at radius 2 is 1.88 bits per heavy atom. The Hall–Kier alpha value is -3.42. The molecular formula is C16H12FN3O4. The molecule has 2 amide bonds. The van der Waals surface area contributed by atoms with Crippen molar-refractivity contribution in [3.8, 4) is 11.5 Å². The molecule has 122 valence electrons. The van der Waals surface area contributed by atoms with Crippen LogP contribution in [0.2, 0.25) is 0 Å². The molecule has 2 N–H and O–H groups in total. The van der Waals surface area contributed by atoms with Crippen molar-refractivity contribution in [3.63, 3.8) is 0 Å². The maximum absolute atomic E-state index is 13.4. The highest BCUT2D eigenvalue weighted by Gasteiger charge is 2.15. The molecule has 0 atom stereocenters. The molecule has 0 spiro atoms. The minimum Gasteiger partial charge on any atom is -0.454 e. The molecule has 0 bridgehead atoms. The van der Waals surface area contributed by atoms with Crippen LogP contribution in [0.4, 0.5) is 10.1 Å². The zero-order valence-electron chi connectivity index (χ0n) is 12.3. The minimum atomic E-state index is -1.03. The SMILES string of the molecule is O=C(N/N=C/c1ccc2c(c1)OCO2)C(=O)Nc1ccccc1F. The van der Waals surface area contributed by atoms with Crippen LogP contribution in [-0.2, 0) is 9.59 Å². The van der Waals surface area contributed by atoms with E-state index in [0.717, 1.165) is 0 Å². The molecular weight excluding hydrogens is 317 g/mol. The number of hydrazone groups is 1. The lowest BCUT2D eigenvalue weighted by Gasteiger charge is -2.04. The molecule has 0 aliphatic carbocycles. The predicted octanol–water partition coefficient (Wildman–Crippen LogP) is 1.64. The first-order valence-corrected chi connectivity index (χ1v) is 6.92. The molecule has 2 aromatic rings. The van der Waals surface area contributed by atoms with Gasteiger partial charge in [0.2, 0.25) is 6.79 Å². The number of anilines is 1. The van der Waals surface area contributed by atoms with Crippen molar-refractivity contribution in [2.75, 3.05) is 12.1 Å². The van der Waals surface area contributed by atoms with E-state index in [-0.39, 0.29) is 12.5 Å². The van der Waals surface area contributed by atoms with Gasteiger partial charge in [-0.05, 0) is 35.9 Å². The average molecular weight is 329 g/mol. The number of amides is 2. The molecule has 7 nitrogen and oxygen atoms in total. The van der Waals surface area contributed by atoms with Crippen LogP contribution in [0.15, 0.2) is 47.6 Å². The van der Waals surface area contributed by atoms with E-state index in [2.05, 4.69) is 15.8 Å². The Kier molecular flexibility index (Phi) is 4.37. The Bertz CT molecular complexity index is 823. The highest BCUT2D eigenvalue weighted by atomic mass is 19.1. The Labute approximate surface area is 136 Å². The van der Waals surface area contributed by atoms with Gasteiger partial charge in [-0.1, -0.05) is 12.1 Å². The molecule has 24 heavy (non-hydrogen) atoms. The number of hydrogen-bond donors (Lipinski definition) is 2. The number of benzene rings is 2. The molecule has 2 aromatic carbocycles. The number of hydrogen-bond acceptors (Lipinski definition) is 5. The van der Waals surface area contributed by atoms with Crippen molar-refractivity contribution in [3.05, 3.63) is 53.8 Å². The van der Waals surface area contributed by atoms with E-state index < -0.39 is 17.6 Å². The lowest BCUT2D eigenvalue weighted by molar-refractivity contribution is -0.136. The number of para-hydroxylation sites is 1. The van der Waals surface area contributed by atoms with Crippen LogP contribution in [0.25, 0.3) is 0 Å². The van der Waals surface area contributed by atoms with E-state index in [1.807, 2.05) is 0 Å². The highest BCUT2D eigenvalue weighted by Crippen LogP contribution is 2.31. The lowest BCUT2D eigenvalue weighted by Crippen LogP contribution is -2.32. The number of nitrogens with zero attached hydrogens (tertiary/aromatic N) is 1. The molecule has 0 unspecified atom stereocenters. The lowest BCUT2D eigenvalue weighted by atomic mass is 10.2. The summed E-state index contributed by atoms with van der Waals surface area (Å²) in [5, 5.41) is 5.83. The first kappa shape index (κ1) is 15.5. The average Bonchev–Trinajstić information content (AvgIpc) is 3.04. The minimum absolute atomic E-state index is 0.0857. The van der Waals surface area contributed by atoms with Gasteiger partial charge in [0.25, 0.3) is 0 Å². The Balaban J connectivity index is 1.57. The van der Waals surface area contributed by atoms with Crippen LogP contribution < -0.4 is 20.2 Å². The number of rotatable bonds is 3. The molecule has 0 saturated heterocycles. The Morgan fingerprint density at radius 3 is 2.71 bits per heavy atom. The van der Waals surface area contributed by atoms with Gasteiger partial charge in [-0.3, -0.25) is 9.59 Å². The van der Waals surface area contributed by atoms with Gasteiger partial charge < -0.3 is 14.8 Å². The number of carbonyl (C=O) groups excluding carboxylic acids is 2. The third-order valence-corrected chi connectivity index (χ3v) is 3.10. The van der Waals surface area contributed by atoms with Gasteiger partial charge in [-0.2, -0.15) is 5.10 Å². The summed E-state index contributed by atoms with van der Waals surface area (Å²) < 4.78 is 23.8. The standard InChI is InChI=1S/C16H12FN3O4/c17-11-3-1-2-4-12(11)19-15(21)16(22)20-18-8-10-5-6-13-14(7-10)24-9-23-13/h1-8H,9H2,(H,19,21)(H,20,22)/b18-8+. The van der Waals surface area contributed by atoms with Crippen LogP contribution in [0.3, 0.4) is 0 Å². The molecule has 0 radical (unpaired) electrons. The first-order chi connectivity index (χ1) is 11.6. The monoisotopic (exact) mass is 329 g/mol. The third-order valence-electron chi connectivity index (χ3n) is 3.10. The van der Waals surface area contributed by atoms with E-state index in [0.29, 0.717) is 17.1 Å². The van der Waals surface area contributed by atoms with Gasteiger partial charge in [-0.15, -0.1) is 0 Å². The van der Waals surface area contributed by atoms with Crippen LogP contribution in [-0.4, -0.2) is 24.8 Å². The number of nitrogens with one attached hydrogen (secondary N) is 2. The fraction of sp³-hybridized carbons (Fsp3) is 0.0625. The van der Waals surface area contributed by atoms with Crippen molar-refractivity contribution in [1.82, 2.24) is 5.43 Å². The van der Waals surface area contributed by atoms with Crippen LogP contribution >= 0.6 is 0 Å². The van der Waals surface area contributed by atoms with Gasteiger partial charge in [0, 0.05) is 0 Å². The second-order valence-corrected chi connectivity index (χ2v) is 4.75. The zero-order valence-corrected chi connectivity index (χ0v) is 12.3. The summed E-state index contributed by atoms with van der Waals surface area (Å²) in [5.74, 6) is -1.48. The van der Waals surface area contributed by atoms with Gasteiger partial charge >= 0.3 is 11.8 Å². The normalized spacial score (nSPS) is 12.2. The number of fused-ring (bicyclic) bond motifs is 1. The summed E-state index contributed by atoms with van der Waals surface area (Å²) in [6.45, 7) is 0.156. The fourth-order valence-corrected chi connectivity index (χ4v) is 1.95. The summed E-state index contributed by atoms with van der Waals surface area (Å²) in [7, 11) is 0. The van der Waals surface area contributed by atoms with E-state index in [9.17, 15) is 14.0 Å². The van der Waals surface area contributed by atoms with Gasteiger partial charge in [-0.25, -0.2) is 9.82 Å². The second-order valence-electron chi connectivity index (χ2n) is 4.75. The summed E-state index contributed by atoms with van der Waals surface area (Å²) in [5.41, 5.74) is 2.62. The Morgan fingerprint density at radius 1 is 1.08 bits per heavy atom. The fourth-order valence-electron chi connectivity index (χ4n) is 1.95. The predicted molar refractivity (Wildman–Crippen MR) is 83.3 cm³/mol. The van der Waals surface area contributed by atoms with Crippen LogP contribution in [0.5, 0.6) is 11.5 Å². The largest absolute Gasteiger partial charge is 0.454 e. The molecule has 3 rings (SSSR count). The quantitative estimate of drug-likeness (QED) is 0.509. The zero-order chi connectivity index (χ0) is 16.9. The number of halogens is 1. The van der Waals surface area contributed by atoms with Crippen molar-refractivity contribution in [2.24, 2.45) is 5.10 Å². The van der Waals surface area contributed by atoms with Crippen molar-refractivity contribution >= 4 is 23.7 Å².